The lowest BCUT2D eigenvalue weighted by molar-refractivity contribution is -0.149. The predicted octanol–water partition coefficient (Wildman–Crippen LogP) is 6.28. The van der Waals surface area contributed by atoms with E-state index in [1.54, 1.807) is 62.4 Å². The third kappa shape index (κ3) is 10.5. The molecule has 0 spiro atoms. The number of ether oxygens (including phenoxy) is 1. The van der Waals surface area contributed by atoms with Crippen molar-refractivity contribution in [1.29, 1.82) is 0 Å². The summed E-state index contributed by atoms with van der Waals surface area (Å²) in [5, 5.41) is 6.48. The van der Waals surface area contributed by atoms with Gasteiger partial charge in [0.05, 0.1) is 18.5 Å². The Balaban J connectivity index is 1.58. The highest BCUT2D eigenvalue weighted by molar-refractivity contribution is 7.98. The number of benzene rings is 3. The molecule has 0 saturated carbocycles. The van der Waals surface area contributed by atoms with Crippen molar-refractivity contribution < 1.29 is 23.1 Å². The molecule has 1 unspecified atom stereocenters. The number of hydrogen-bond acceptors (Lipinski definition) is 6. The molecule has 7 nitrogen and oxygen atoms in total. The molecule has 0 aliphatic heterocycles. The van der Waals surface area contributed by atoms with E-state index in [0.717, 1.165) is 22.3 Å². The highest BCUT2D eigenvalue weighted by Crippen LogP contribution is 2.20. The molecule has 1 aromatic heterocycles. The molecule has 3 aromatic carbocycles. The van der Waals surface area contributed by atoms with Crippen LogP contribution in [0.4, 0.5) is 8.78 Å². The smallest absolute Gasteiger partial charge is 0.328 e. The van der Waals surface area contributed by atoms with Crippen LogP contribution in [0.25, 0.3) is 0 Å². The Bertz CT molecular complexity index is 1510. The van der Waals surface area contributed by atoms with E-state index in [2.05, 4.69) is 15.6 Å². The summed E-state index contributed by atoms with van der Waals surface area (Å²) in [6, 6.07) is 17.5. The number of amides is 1. The molecule has 45 heavy (non-hydrogen) atoms. The van der Waals surface area contributed by atoms with Gasteiger partial charge in [-0.1, -0.05) is 36.4 Å². The lowest BCUT2D eigenvalue weighted by Crippen LogP contribution is -2.43. The summed E-state index contributed by atoms with van der Waals surface area (Å²) >= 11 is 1.59. The van der Waals surface area contributed by atoms with Crippen LogP contribution < -0.4 is 10.6 Å². The number of carbonyl (C=O) groups excluding carboxylic acids is 2. The first kappa shape index (κ1) is 33.9. The van der Waals surface area contributed by atoms with Crippen LogP contribution >= 0.6 is 11.8 Å². The fourth-order valence-electron chi connectivity index (χ4n) is 4.96. The number of nitrogens with zero attached hydrogens (tertiary/aromatic N) is 2. The maximum Gasteiger partial charge on any atom is 0.328 e. The Labute approximate surface area is 267 Å². The van der Waals surface area contributed by atoms with Crippen LogP contribution in [0.3, 0.4) is 0 Å². The molecule has 0 aliphatic carbocycles. The Morgan fingerprint density at radius 2 is 1.64 bits per heavy atom. The molecule has 4 rings (SSSR count). The summed E-state index contributed by atoms with van der Waals surface area (Å²) in [4.78, 5) is 30.8. The van der Waals surface area contributed by atoms with Gasteiger partial charge < -0.3 is 19.9 Å². The number of rotatable bonds is 16. The Hall–Kier alpha value is -4.02. The van der Waals surface area contributed by atoms with Crippen LogP contribution in [-0.4, -0.2) is 45.6 Å². The molecule has 4 aromatic rings. The molecule has 1 amide bonds. The second-order valence-electron chi connectivity index (χ2n) is 11.2. The van der Waals surface area contributed by atoms with Crippen LogP contribution in [0.15, 0.2) is 85.5 Å². The monoisotopic (exact) mass is 634 g/mol. The molecule has 0 saturated heterocycles. The zero-order valence-corrected chi connectivity index (χ0v) is 26.7. The number of hydrogen-bond donors (Lipinski definition) is 2. The van der Waals surface area contributed by atoms with Crippen LogP contribution in [0.5, 0.6) is 0 Å². The molecule has 0 fully saturated rings. The summed E-state index contributed by atoms with van der Waals surface area (Å²) in [6.07, 6.45) is 8.56. The fraction of sp³-hybridized carbons (Fsp3) is 0.343. The van der Waals surface area contributed by atoms with Gasteiger partial charge in [-0.25, -0.2) is 18.6 Å². The van der Waals surface area contributed by atoms with E-state index in [4.69, 9.17) is 4.74 Å². The highest BCUT2D eigenvalue weighted by Gasteiger charge is 2.25. The van der Waals surface area contributed by atoms with Crippen LogP contribution in [0.2, 0.25) is 0 Å². The van der Waals surface area contributed by atoms with Crippen molar-refractivity contribution in [3.63, 3.8) is 0 Å². The average Bonchev–Trinajstić information content (AvgIpc) is 3.54. The molecule has 0 bridgehead atoms. The standard InChI is InChI=1S/C35H40F2N4O3S/c1-24(2)44-35(43)32(16-19-45-3)40-34(42)31-20-26(5-9-27(31)8-4-25-6-12-29(36)13-7-25)21-39-33(22-41-18-17-38-23-41)28-10-14-30(37)15-11-28/h5-7,9-15,17-18,20,23-24,32-33,39H,4,8,16,19,21-22H2,1-3H3,(H,40,42)/t32-,33?/m0/s1. The maximum atomic E-state index is 13.8. The molecule has 2 N–H and O–H groups in total. The van der Waals surface area contributed by atoms with Crippen LogP contribution in [0, 0.1) is 11.6 Å². The number of aryl methyl sites for hydroxylation is 2. The minimum Gasteiger partial charge on any atom is -0.461 e. The summed E-state index contributed by atoms with van der Waals surface area (Å²) in [5.41, 5.74) is 4.02. The Morgan fingerprint density at radius 3 is 2.29 bits per heavy atom. The second kappa shape index (κ2) is 16.9. The van der Waals surface area contributed by atoms with E-state index in [0.29, 0.717) is 43.7 Å². The van der Waals surface area contributed by atoms with Crippen molar-refractivity contribution in [2.75, 3.05) is 12.0 Å². The molecule has 2 atom stereocenters. The number of imidazole rings is 1. The topological polar surface area (TPSA) is 85.3 Å². The molecule has 10 heteroatoms. The van der Waals surface area contributed by atoms with Crippen molar-refractivity contribution in [2.45, 2.75) is 64.4 Å². The average molecular weight is 635 g/mol. The Morgan fingerprint density at radius 1 is 0.956 bits per heavy atom. The SMILES string of the molecule is CSCC[C@H](NC(=O)c1cc(CNC(Cn2ccnc2)c2ccc(F)cc2)ccc1CCc1ccc(F)cc1)C(=O)OC(C)C. The van der Waals surface area contributed by atoms with E-state index >= 15 is 0 Å². The summed E-state index contributed by atoms with van der Waals surface area (Å²) in [7, 11) is 0. The van der Waals surface area contributed by atoms with Crippen molar-refractivity contribution in [3.05, 3.63) is 125 Å². The van der Waals surface area contributed by atoms with Gasteiger partial charge in [0.25, 0.3) is 5.91 Å². The lowest BCUT2D eigenvalue weighted by Gasteiger charge is -2.22. The predicted molar refractivity (Wildman–Crippen MR) is 174 cm³/mol. The number of nitrogens with one attached hydrogen (secondary N) is 2. The highest BCUT2D eigenvalue weighted by atomic mass is 32.2. The summed E-state index contributed by atoms with van der Waals surface area (Å²) < 4.78 is 34.5. The molecule has 1 heterocycles. The number of halogens is 2. The first-order valence-corrected chi connectivity index (χ1v) is 16.4. The van der Waals surface area contributed by atoms with Gasteiger partial charge in [0, 0.05) is 31.0 Å². The van der Waals surface area contributed by atoms with E-state index in [1.165, 1.54) is 24.3 Å². The zero-order valence-electron chi connectivity index (χ0n) is 25.8. The van der Waals surface area contributed by atoms with Gasteiger partial charge in [-0.3, -0.25) is 4.79 Å². The van der Waals surface area contributed by atoms with Gasteiger partial charge in [0.15, 0.2) is 0 Å². The van der Waals surface area contributed by atoms with Gasteiger partial charge in [0.2, 0.25) is 0 Å². The second-order valence-corrected chi connectivity index (χ2v) is 12.1. The molecular formula is C35H40F2N4O3S. The first-order chi connectivity index (χ1) is 21.7. The normalized spacial score (nSPS) is 12.6. The molecular weight excluding hydrogens is 594 g/mol. The first-order valence-electron chi connectivity index (χ1n) is 15.0. The van der Waals surface area contributed by atoms with Crippen molar-refractivity contribution >= 4 is 23.6 Å². The number of carbonyl (C=O) groups is 2. The van der Waals surface area contributed by atoms with Crippen LogP contribution in [0.1, 0.15) is 58.9 Å². The van der Waals surface area contributed by atoms with Gasteiger partial charge >= 0.3 is 5.97 Å². The van der Waals surface area contributed by atoms with Crippen molar-refractivity contribution in [1.82, 2.24) is 20.2 Å². The van der Waals surface area contributed by atoms with E-state index in [-0.39, 0.29) is 29.7 Å². The van der Waals surface area contributed by atoms with Crippen LogP contribution in [-0.2, 0) is 35.5 Å². The molecule has 0 radical (unpaired) electrons. The fourth-order valence-corrected chi connectivity index (χ4v) is 5.43. The van der Waals surface area contributed by atoms with E-state index in [9.17, 15) is 18.4 Å². The zero-order chi connectivity index (χ0) is 32.2. The van der Waals surface area contributed by atoms with E-state index in [1.807, 2.05) is 35.2 Å². The summed E-state index contributed by atoms with van der Waals surface area (Å²) in [6.45, 7) is 4.56. The van der Waals surface area contributed by atoms with Gasteiger partial charge in [-0.05, 0) is 97.7 Å². The number of aromatic nitrogens is 2. The molecule has 0 aliphatic rings. The third-order valence-electron chi connectivity index (χ3n) is 7.35. The maximum absolute atomic E-state index is 13.8. The minimum atomic E-state index is -0.780. The number of thioether (sulfide) groups is 1. The quantitative estimate of drug-likeness (QED) is 0.141. The largest absolute Gasteiger partial charge is 0.461 e. The summed E-state index contributed by atoms with van der Waals surface area (Å²) in [5.74, 6) is -0.736. The van der Waals surface area contributed by atoms with Gasteiger partial charge in [0.1, 0.15) is 17.7 Å². The minimum absolute atomic E-state index is 0.156. The van der Waals surface area contributed by atoms with Gasteiger partial charge in [-0.2, -0.15) is 11.8 Å². The van der Waals surface area contributed by atoms with Crippen molar-refractivity contribution in [3.8, 4) is 0 Å². The van der Waals surface area contributed by atoms with E-state index < -0.39 is 12.0 Å². The molecule has 238 valence electrons. The third-order valence-corrected chi connectivity index (χ3v) is 7.99. The Kier molecular flexibility index (Phi) is 12.7. The van der Waals surface area contributed by atoms with Crippen molar-refractivity contribution in [2.24, 2.45) is 0 Å². The lowest BCUT2D eigenvalue weighted by atomic mass is 9.96. The number of esters is 1. The van der Waals surface area contributed by atoms with Gasteiger partial charge in [-0.15, -0.1) is 0 Å².